The topological polar surface area (TPSA) is 18.5 Å². The maximum Gasteiger partial charge on any atom is 0.122 e. The largest absolute Gasteiger partial charge is 0.490 e. The fourth-order valence-electron chi connectivity index (χ4n) is 1.83. The van der Waals surface area contributed by atoms with E-state index in [4.69, 9.17) is 9.47 Å². The first-order valence-corrected chi connectivity index (χ1v) is 6.55. The van der Waals surface area contributed by atoms with Gasteiger partial charge in [-0.15, -0.1) is 0 Å². The van der Waals surface area contributed by atoms with Crippen molar-refractivity contribution in [2.75, 3.05) is 13.2 Å². The Kier molecular flexibility index (Phi) is 4.45. The molecule has 0 aliphatic rings. The molecular weight excluding hydrogens is 236 g/mol. The van der Waals surface area contributed by atoms with E-state index in [1.165, 1.54) is 16.7 Å². The van der Waals surface area contributed by atoms with Gasteiger partial charge in [0.15, 0.2) is 0 Å². The molecule has 0 amide bonds. The summed E-state index contributed by atoms with van der Waals surface area (Å²) in [6, 6.07) is 14.1. The van der Waals surface area contributed by atoms with E-state index in [2.05, 4.69) is 26.8 Å². The predicted octanol–water partition coefficient (Wildman–Crippen LogP) is 4.07. The Morgan fingerprint density at radius 3 is 2.21 bits per heavy atom. The number of rotatable bonds is 5. The van der Waals surface area contributed by atoms with Crippen LogP contribution in [0.4, 0.5) is 0 Å². The van der Waals surface area contributed by atoms with Crippen molar-refractivity contribution in [3.63, 3.8) is 0 Å². The van der Waals surface area contributed by atoms with Gasteiger partial charge in [-0.1, -0.05) is 29.8 Å². The number of ether oxygens (including phenoxy) is 2. The molecule has 100 valence electrons. The summed E-state index contributed by atoms with van der Waals surface area (Å²) >= 11 is 0. The third-order valence-electron chi connectivity index (χ3n) is 3.19. The Hall–Kier alpha value is -1.96. The van der Waals surface area contributed by atoms with E-state index in [1.54, 1.807) is 0 Å². The van der Waals surface area contributed by atoms with Crippen molar-refractivity contribution in [1.29, 1.82) is 0 Å². The van der Waals surface area contributed by atoms with Crippen molar-refractivity contribution < 1.29 is 9.47 Å². The monoisotopic (exact) mass is 256 g/mol. The number of hydrogen-bond acceptors (Lipinski definition) is 2. The zero-order chi connectivity index (χ0) is 13.7. The van der Waals surface area contributed by atoms with Gasteiger partial charge < -0.3 is 9.47 Å². The first-order chi connectivity index (χ1) is 9.16. The van der Waals surface area contributed by atoms with E-state index in [0.717, 1.165) is 11.5 Å². The third kappa shape index (κ3) is 3.75. The molecule has 2 nitrogen and oxygen atoms in total. The maximum atomic E-state index is 5.74. The Morgan fingerprint density at radius 1 is 0.789 bits per heavy atom. The molecule has 0 aliphatic carbocycles. The molecule has 0 saturated carbocycles. The van der Waals surface area contributed by atoms with Crippen LogP contribution in [0.2, 0.25) is 0 Å². The molecular formula is C17H20O2. The summed E-state index contributed by atoms with van der Waals surface area (Å²) in [7, 11) is 0. The molecule has 0 bridgehead atoms. The molecule has 0 N–H and O–H groups in total. The van der Waals surface area contributed by atoms with E-state index in [1.807, 2.05) is 36.4 Å². The minimum Gasteiger partial charge on any atom is -0.490 e. The van der Waals surface area contributed by atoms with Crippen LogP contribution >= 0.6 is 0 Å². The van der Waals surface area contributed by atoms with Gasteiger partial charge >= 0.3 is 0 Å². The molecule has 0 unspecified atom stereocenters. The second kappa shape index (κ2) is 6.28. The molecule has 0 heterocycles. The second-order valence-corrected chi connectivity index (χ2v) is 4.71. The van der Waals surface area contributed by atoms with Crippen LogP contribution in [-0.2, 0) is 0 Å². The van der Waals surface area contributed by atoms with Crippen LogP contribution in [0.1, 0.15) is 16.7 Å². The van der Waals surface area contributed by atoms with E-state index in [9.17, 15) is 0 Å². The third-order valence-corrected chi connectivity index (χ3v) is 3.19. The quantitative estimate of drug-likeness (QED) is 0.751. The van der Waals surface area contributed by atoms with Crippen LogP contribution in [0.3, 0.4) is 0 Å². The number of benzene rings is 2. The van der Waals surface area contributed by atoms with Gasteiger partial charge in [-0.05, 0) is 50.1 Å². The molecule has 0 saturated heterocycles. The van der Waals surface area contributed by atoms with Gasteiger partial charge in [-0.2, -0.15) is 0 Å². The average Bonchev–Trinajstić information content (AvgIpc) is 2.41. The zero-order valence-electron chi connectivity index (χ0n) is 11.8. The Labute approximate surface area is 115 Å². The first kappa shape index (κ1) is 13.5. The highest BCUT2D eigenvalue weighted by molar-refractivity contribution is 5.38. The van der Waals surface area contributed by atoms with Crippen molar-refractivity contribution in [1.82, 2.24) is 0 Å². The lowest BCUT2D eigenvalue weighted by Crippen LogP contribution is -2.09. The van der Waals surface area contributed by atoms with Gasteiger partial charge in [0.2, 0.25) is 0 Å². The number of hydrogen-bond donors (Lipinski definition) is 0. The van der Waals surface area contributed by atoms with E-state index >= 15 is 0 Å². The van der Waals surface area contributed by atoms with Gasteiger partial charge in [0.05, 0.1) is 0 Å². The summed E-state index contributed by atoms with van der Waals surface area (Å²) in [6.07, 6.45) is 0. The van der Waals surface area contributed by atoms with Crippen LogP contribution in [-0.4, -0.2) is 13.2 Å². The molecule has 0 fully saturated rings. The van der Waals surface area contributed by atoms with Crippen molar-refractivity contribution in [3.05, 3.63) is 59.2 Å². The smallest absolute Gasteiger partial charge is 0.122 e. The zero-order valence-corrected chi connectivity index (χ0v) is 11.8. The Morgan fingerprint density at radius 2 is 1.47 bits per heavy atom. The molecule has 0 spiro atoms. The van der Waals surface area contributed by atoms with Gasteiger partial charge in [0, 0.05) is 0 Å². The van der Waals surface area contributed by atoms with Crippen LogP contribution in [0.25, 0.3) is 0 Å². The molecule has 2 aromatic rings. The minimum absolute atomic E-state index is 0.552. The molecule has 2 aromatic carbocycles. The van der Waals surface area contributed by atoms with Crippen LogP contribution in [0.15, 0.2) is 42.5 Å². The highest BCUT2D eigenvalue weighted by atomic mass is 16.5. The van der Waals surface area contributed by atoms with Gasteiger partial charge in [0.1, 0.15) is 24.7 Å². The van der Waals surface area contributed by atoms with Crippen molar-refractivity contribution >= 4 is 0 Å². The Balaban J connectivity index is 1.81. The molecule has 0 atom stereocenters. The van der Waals surface area contributed by atoms with Crippen LogP contribution in [0, 0.1) is 20.8 Å². The molecule has 2 rings (SSSR count). The lowest BCUT2D eigenvalue weighted by Gasteiger charge is -2.11. The predicted molar refractivity (Wildman–Crippen MR) is 78.1 cm³/mol. The van der Waals surface area contributed by atoms with E-state index in [-0.39, 0.29) is 0 Å². The van der Waals surface area contributed by atoms with Gasteiger partial charge in [-0.25, -0.2) is 0 Å². The fraction of sp³-hybridized carbons (Fsp3) is 0.294. The normalized spacial score (nSPS) is 10.3. The van der Waals surface area contributed by atoms with Crippen LogP contribution in [0.5, 0.6) is 11.5 Å². The Bertz CT molecular complexity index is 529. The first-order valence-electron chi connectivity index (χ1n) is 6.55. The molecule has 0 aliphatic heterocycles. The van der Waals surface area contributed by atoms with Crippen molar-refractivity contribution in [2.24, 2.45) is 0 Å². The molecule has 2 heteroatoms. The van der Waals surface area contributed by atoms with Crippen LogP contribution < -0.4 is 9.47 Å². The molecule has 0 radical (unpaired) electrons. The van der Waals surface area contributed by atoms with Crippen molar-refractivity contribution in [2.45, 2.75) is 20.8 Å². The van der Waals surface area contributed by atoms with E-state index in [0.29, 0.717) is 13.2 Å². The standard InChI is InChI=1S/C17H20O2/c1-13-7-9-16(10-8-13)18-11-12-19-17-6-4-5-14(2)15(17)3/h4-10H,11-12H2,1-3H3. The summed E-state index contributed by atoms with van der Waals surface area (Å²) in [4.78, 5) is 0. The highest BCUT2D eigenvalue weighted by Gasteiger charge is 2.01. The SMILES string of the molecule is Cc1ccc(OCCOc2cccc(C)c2C)cc1. The summed E-state index contributed by atoms with van der Waals surface area (Å²) in [5.41, 5.74) is 3.67. The second-order valence-electron chi connectivity index (χ2n) is 4.71. The highest BCUT2D eigenvalue weighted by Crippen LogP contribution is 2.20. The van der Waals surface area contributed by atoms with E-state index < -0.39 is 0 Å². The summed E-state index contributed by atoms with van der Waals surface area (Å²) in [5.74, 6) is 1.82. The fourth-order valence-corrected chi connectivity index (χ4v) is 1.83. The minimum atomic E-state index is 0.552. The summed E-state index contributed by atoms with van der Waals surface area (Å²) in [6.45, 7) is 7.33. The lowest BCUT2D eigenvalue weighted by molar-refractivity contribution is 0.216. The maximum absolute atomic E-state index is 5.74. The van der Waals surface area contributed by atoms with Gasteiger partial charge in [0.25, 0.3) is 0 Å². The molecule has 19 heavy (non-hydrogen) atoms. The van der Waals surface area contributed by atoms with Crippen molar-refractivity contribution in [3.8, 4) is 11.5 Å². The summed E-state index contributed by atoms with van der Waals surface area (Å²) < 4.78 is 11.4. The lowest BCUT2D eigenvalue weighted by atomic mass is 10.1. The van der Waals surface area contributed by atoms with Gasteiger partial charge in [-0.3, -0.25) is 0 Å². The number of aryl methyl sites for hydroxylation is 2. The average molecular weight is 256 g/mol. The molecule has 0 aromatic heterocycles. The summed E-state index contributed by atoms with van der Waals surface area (Å²) in [5, 5.41) is 0.